The van der Waals surface area contributed by atoms with Crippen molar-refractivity contribution in [1.29, 1.82) is 0 Å². The molecule has 1 fully saturated rings. The molecule has 0 saturated carbocycles. The molecule has 1 aromatic carbocycles. The van der Waals surface area contributed by atoms with Crippen molar-refractivity contribution in [3.63, 3.8) is 0 Å². The minimum atomic E-state index is 0.562. The summed E-state index contributed by atoms with van der Waals surface area (Å²) in [4.78, 5) is 0. The van der Waals surface area contributed by atoms with Gasteiger partial charge in [0.1, 0.15) is 12.4 Å². The average molecular weight is 269 g/mol. The molecule has 2 rings (SSSR count). The van der Waals surface area contributed by atoms with Crippen LogP contribution >= 0.6 is 0 Å². The Morgan fingerprint density at radius 3 is 2.60 bits per heavy atom. The Balaban J connectivity index is 1.86. The van der Waals surface area contributed by atoms with Gasteiger partial charge in [0.05, 0.1) is 0 Å². The average Bonchev–Trinajstić information content (AvgIpc) is 2.52. The fraction of sp³-hybridized carbons (Fsp3) is 0.333. The standard InChI is InChI=1S/C18H23NO/c1-3-4-5-15(2)20-14-16-6-8-17(9-7-16)18-10-12-19-13-11-18/h3-9,18-19H,1-2,10-14H2. The summed E-state index contributed by atoms with van der Waals surface area (Å²) >= 11 is 0. The molecule has 1 aromatic rings. The molecular formula is C18H23NO. The van der Waals surface area contributed by atoms with Crippen LogP contribution in [0.5, 0.6) is 0 Å². The van der Waals surface area contributed by atoms with E-state index in [1.807, 2.05) is 12.2 Å². The zero-order valence-electron chi connectivity index (χ0n) is 12.0. The van der Waals surface area contributed by atoms with Crippen LogP contribution in [-0.2, 0) is 11.3 Å². The molecule has 0 unspecified atom stereocenters. The van der Waals surface area contributed by atoms with Gasteiger partial charge in [-0.05, 0) is 49.1 Å². The maximum Gasteiger partial charge on any atom is 0.113 e. The van der Waals surface area contributed by atoms with Gasteiger partial charge in [0.2, 0.25) is 0 Å². The lowest BCUT2D eigenvalue weighted by Gasteiger charge is -2.23. The molecule has 0 radical (unpaired) electrons. The van der Waals surface area contributed by atoms with Gasteiger partial charge in [0, 0.05) is 0 Å². The van der Waals surface area contributed by atoms with E-state index in [0.717, 1.165) is 13.1 Å². The predicted octanol–water partition coefficient (Wildman–Crippen LogP) is 3.93. The Bertz CT molecular complexity index is 467. The molecule has 0 spiro atoms. The first-order valence-electron chi connectivity index (χ1n) is 7.20. The van der Waals surface area contributed by atoms with Crippen LogP contribution < -0.4 is 5.32 Å². The van der Waals surface area contributed by atoms with Crippen LogP contribution in [-0.4, -0.2) is 13.1 Å². The van der Waals surface area contributed by atoms with E-state index in [0.29, 0.717) is 18.3 Å². The molecule has 1 aliphatic heterocycles. The fourth-order valence-corrected chi connectivity index (χ4v) is 2.44. The molecule has 20 heavy (non-hydrogen) atoms. The Hall–Kier alpha value is -1.80. The van der Waals surface area contributed by atoms with Crippen LogP contribution in [0.25, 0.3) is 0 Å². The number of benzene rings is 1. The highest BCUT2D eigenvalue weighted by atomic mass is 16.5. The summed E-state index contributed by atoms with van der Waals surface area (Å²) in [7, 11) is 0. The van der Waals surface area contributed by atoms with Crippen molar-refractivity contribution in [1.82, 2.24) is 5.32 Å². The lowest BCUT2D eigenvalue weighted by atomic mass is 9.90. The third kappa shape index (κ3) is 4.39. The van der Waals surface area contributed by atoms with E-state index >= 15 is 0 Å². The monoisotopic (exact) mass is 269 g/mol. The molecule has 2 nitrogen and oxygen atoms in total. The molecule has 1 N–H and O–H groups in total. The zero-order valence-corrected chi connectivity index (χ0v) is 12.0. The molecule has 0 bridgehead atoms. The SMILES string of the molecule is C=CC=CC(=C)OCc1ccc(C2CCNCC2)cc1. The molecular weight excluding hydrogens is 246 g/mol. The van der Waals surface area contributed by atoms with Crippen LogP contribution in [0.2, 0.25) is 0 Å². The number of ether oxygens (including phenoxy) is 1. The summed E-state index contributed by atoms with van der Waals surface area (Å²) < 4.78 is 5.58. The van der Waals surface area contributed by atoms with Crippen molar-refractivity contribution in [2.45, 2.75) is 25.4 Å². The smallest absolute Gasteiger partial charge is 0.113 e. The number of rotatable bonds is 6. The number of hydrogen-bond acceptors (Lipinski definition) is 2. The van der Waals surface area contributed by atoms with Gasteiger partial charge >= 0.3 is 0 Å². The third-order valence-electron chi connectivity index (χ3n) is 3.63. The normalized spacial score (nSPS) is 16.2. The summed E-state index contributed by atoms with van der Waals surface area (Å²) in [5, 5.41) is 3.40. The highest BCUT2D eigenvalue weighted by molar-refractivity contribution is 5.26. The lowest BCUT2D eigenvalue weighted by molar-refractivity contribution is 0.212. The number of allylic oxidation sites excluding steroid dienone is 3. The highest BCUT2D eigenvalue weighted by Crippen LogP contribution is 2.25. The number of hydrogen-bond donors (Lipinski definition) is 1. The molecule has 0 aliphatic carbocycles. The molecule has 1 aliphatic rings. The van der Waals surface area contributed by atoms with Crippen LogP contribution in [0.1, 0.15) is 29.9 Å². The number of piperidine rings is 1. The van der Waals surface area contributed by atoms with Gasteiger partial charge in [0.15, 0.2) is 0 Å². The molecule has 106 valence electrons. The van der Waals surface area contributed by atoms with Crippen LogP contribution in [0.4, 0.5) is 0 Å². The maximum absolute atomic E-state index is 5.58. The Labute approximate surface area is 121 Å². The van der Waals surface area contributed by atoms with E-state index in [2.05, 4.69) is 42.7 Å². The van der Waals surface area contributed by atoms with Crippen LogP contribution in [0, 0.1) is 0 Å². The van der Waals surface area contributed by atoms with Crippen LogP contribution in [0.15, 0.2) is 61.4 Å². The minimum Gasteiger partial charge on any atom is -0.490 e. The van der Waals surface area contributed by atoms with Gasteiger partial charge in [0.25, 0.3) is 0 Å². The van der Waals surface area contributed by atoms with Crippen molar-refractivity contribution in [3.05, 3.63) is 72.5 Å². The van der Waals surface area contributed by atoms with Gasteiger partial charge in [-0.1, -0.05) is 49.6 Å². The highest BCUT2D eigenvalue weighted by Gasteiger charge is 2.14. The maximum atomic E-state index is 5.58. The van der Waals surface area contributed by atoms with E-state index in [-0.39, 0.29) is 0 Å². The Morgan fingerprint density at radius 1 is 1.25 bits per heavy atom. The molecule has 1 saturated heterocycles. The fourth-order valence-electron chi connectivity index (χ4n) is 2.44. The molecule has 1 heterocycles. The zero-order chi connectivity index (χ0) is 14.2. The van der Waals surface area contributed by atoms with Gasteiger partial charge in [-0.15, -0.1) is 0 Å². The second-order valence-electron chi connectivity index (χ2n) is 5.12. The van der Waals surface area contributed by atoms with Crippen molar-refractivity contribution in [3.8, 4) is 0 Å². The van der Waals surface area contributed by atoms with Crippen molar-refractivity contribution in [2.75, 3.05) is 13.1 Å². The van der Waals surface area contributed by atoms with Gasteiger partial charge < -0.3 is 10.1 Å². The molecule has 0 aromatic heterocycles. The van der Waals surface area contributed by atoms with E-state index in [1.54, 1.807) is 6.08 Å². The quantitative estimate of drug-likeness (QED) is 0.624. The van der Waals surface area contributed by atoms with E-state index in [1.165, 1.54) is 24.0 Å². The summed E-state index contributed by atoms with van der Waals surface area (Å²) in [6, 6.07) is 8.78. The van der Waals surface area contributed by atoms with Crippen molar-refractivity contribution in [2.24, 2.45) is 0 Å². The first kappa shape index (κ1) is 14.6. The first-order chi connectivity index (χ1) is 9.79. The molecule has 0 amide bonds. The van der Waals surface area contributed by atoms with E-state index in [9.17, 15) is 0 Å². The van der Waals surface area contributed by atoms with Gasteiger partial charge in [-0.25, -0.2) is 0 Å². The van der Waals surface area contributed by atoms with Gasteiger partial charge in [-0.3, -0.25) is 0 Å². The lowest BCUT2D eigenvalue weighted by Crippen LogP contribution is -2.26. The molecule has 0 atom stereocenters. The minimum absolute atomic E-state index is 0.562. The second-order valence-corrected chi connectivity index (χ2v) is 5.12. The topological polar surface area (TPSA) is 21.3 Å². The van der Waals surface area contributed by atoms with E-state index in [4.69, 9.17) is 4.74 Å². The number of nitrogens with one attached hydrogen (secondary N) is 1. The predicted molar refractivity (Wildman–Crippen MR) is 84.6 cm³/mol. The summed E-state index contributed by atoms with van der Waals surface area (Å²) in [5.41, 5.74) is 2.62. The summed E-state index contributed by atoms with van der Waals surface area (Å²) in [6.07, 6.45) is 7.82. The summed E-state index contributed by atoms with van der Waals surface area (Å²) in [5.74, 6) is 1.36. The largest absolute Gasteiger partial charge is 0.490 e. The van der Waals surface area contributed by atoms with Crippen molar-refractivity contribution < 1.29 is 4.74 Å². The molecule has 2 heteroatoms. The van der Waals surface area contributed by atoms with Crippen LogP contribution in [0.3, 0.4) is 0 Å². The van der Waals surface area contributed by atoms with Crippen molar-refractivity contribution >= 4 is 0 Å². The third-order valence-corrected chi connectivity index (χ3v) is 3.63. The van der Waals surface area contributed by atoms with Gasteiger partial charge in [-0.2, -0.15) is 0 Å². The van der Waals surface area contributed by atoms with E-state index < -0.39 is 0 Å². The Kier molecular flexibility index (Phi) is 5.63. The Morgan fingerprint density at radius 2 is 1.95 bits per heavy atom. The summed E-state index contributed by atoms with van der Waals surface area (Å²) in [6.45, 7) is 10.3. The first-order valence-corrected chi connectivity index (χ1v) is 7.20. The second kappa shape index (κ2) is 7.71.